The van der Waals surface area contributed by atoms with Crippen molar-refractivity contribution in [3.63, 3.8) is 0 Å². The van der Waals surface area contributed by atoms with E-state index in [4.69, 9.17) is 10.1 Å². The Labute approximate surface area is 126 Å². The summed E-state index contributed by atoms with van der Waals surface area (Å²) in [6.07, 6.45) is 6.33. The zero-order valence-electron chi connectivity index (χ0n) is 11.9. The minimum Gasteiger partial charge on any atom is -0.477 e. The third-order valence-electron chi connectivity index (χ3n) is 3.67. The number of aromatic nitrogens is 3. The van der Waals surface area contributed by atoms with Crippen molar-refractivity contribution in [3.05, 3.63) is 33.0 Å². The Bertz CT molecular complexity index is 626. The van der Waals surface area contributed by atoms with Gasteiger partial charge in [-0.05, 0) is 32.7 Å². The molecule has 2 heterocycles. The van der Waals surface area contributed by atoms with E-state index in [1.165, 1.54) is 23.4 Å². The molecular weight excluding hydrogens is 288 g/mol. The molecule has 1 aliphatic rings. The maximum absolute atomic E-state index is 11.1. The number of fused-ring (bicyclic) bond motifs is 1. The van der Waals surface area contributed by atoms with Crippen LogP contribution in [-0.4, -0.2) is 38.2 Å². The molecule has 0 bridgehead atoms. The summed E-state index contributed by atoms with van der Waals surface area (Å²) in [6.45, 7) is 1.28. The average Bonchev–Trinajstić information content (AvgIpc) is 3.03. The molecular formula is C14H18N4O2S. The predicted octanol–water partition coefficient (Wildman–Crippen LogP) is 2.08. The van der Waals surface area contributed by atoms with E-state index in [9.17, 15) is 4.79 Å². The Morgan fingerprint density at radius 1 is 1.43 bits per heavy atom. The second-order valence-electron chi connectivity index (χ2n) is 5.43. The fourth-order valence-electron chi connectivity index (χ4n) is 2.67. The van der Waals surface area contributed by atoms with Crippen molar-refractivity contribution in [2.75, 3.05) is 7.05 Å². The summed E-state index contributed by atoms with van der Waals surface area (Å²) in [4.78, 5) is 19.3. The van der Waals surface area contributed by atoms with E-state index >= 15 is 0 Å². The van der Waals surface area contributed by atoms with Gasteiger partial charge < -0.3 is 5.11 Å². The first kappa shape index (κ1) is 14.2. The highest BCUT2D eigenvalue weighted by Crippen LogP contribution is 2.27. The first-order valence-electron chi connectivity index (χ1n) is 7.05. The lowest BCUT2D eigenvalue weighted by Gasteiger charge is -2.14. The Morgan fingerprint density at radius 2 is 2.24 bits per heavy atom. The van der Waals surface area contributed by atoms with Crippen molar-refractivity contribution >= 4 is 17.3 Å². The van der Waals surface area contributed by atoms with Gasteiger partial charge >= 0.3 is 5.97 Å². The minimum atomic E-state index is -0.972. The highest BCUT2D eigenvalue weighted by atomic mass is 32.1. The predicted molar refractivity (Wildman–Crippen MR) is 79.5 cm³/mol. The molecule has 7 heteroatoms. The lowest BCUT2D eigenvalue weighted by molar-refractivity contribution is 0.0688. The summed E-state index contributed by atoms with van der Waals surface area (Å²) < 4.78 is 0. The summed E-state index contributed by atoms with van der Waals surface area (Å²) in [7, 11) is 1.97. The Hall–Kier alpha value is -1.73. The molecule has 21 heavy (non-hydrogen) atoms. The van der Waals surface area contributed by atoms with Crippen molar-refractivity contribution in [3.8, 4) is 0 Å². The van der Waals surface area contributed by atoms with E-state index in [-0.39, 0.29) is 5.69 Å². The van der Waals surface area contributed by atoms with Crippen LogP contribution >= 0.6 is 11.3 Å². The van der Waals surface area contributed by atoms with Crippen LogP contribution in [0.2, 0.25) is 0 Å². The number of nitrogens with one attached hydrogen (secondary N) is 1. The standard InChI is InChI=1S/C14H18N4O2S/c1-18(7-9-6-15-17-13(9)14(19)20)8-12-16-10-4-2-3-5-11(10)21-12/h6H,2-5,7-8H2,1H3,(H,15,17)(H,19,20). The van der Waals surface area contributed by atoms with Crippen molar-refractivity contribution < 1.29 is 9.90 Å². The van der Waals surface area contributed by atoms with Gasteiger partial charge in [-0.15, -0.1) is 11.3 Å². The number of aryl methyl sites for hydroxylation is 2. The van der Waals surface area contributed by atoms with Crippen molar-refractivity contribution in [2.24, 2.45) is 0 Å². The van der Waals surface area contributed by atoms with Crippen LogP contribution in [-0.2, 0) is 25.9 Å². The van der Waals surface area contributed by atoms with Crippen LogP contribution in [0.1, 0.15) is 44.5 Å². The van der Waals surface area contributed by atoms with Crippen LogP contribution < -0.4 is 0 Å². The molecule has 3 rings (SSSR count). The lowest BCUT2D eigenvalue weighted by atomic mass is 10.0. The fourth-order valence-corrected chi connectivity index (χ4v) is 3.90. The molecule has 0 radical (unpaired) electrons. The van der Waals surface area contributed by atoms with Crippen LogP contribution in [0.5, 0.6) is 0 Å². The number of hydrogen-bond acceptors (Lipinski definition) is 5. The highest BCUT2D eigenvalue weighted by Gasteiger charge is 2.17. The van der Waals surface area contributed by atoms with Gasteiger partial charge in [0.1, 0.15) is 10.7 Å². The molecule has 2 aromatic heterocycles. The largest absolute Gasteiger partial charge is 0.477 e. The first-order valence-corrected chi connectivity index (χ1v) is 7.86. The topological polar surface area (TPSA) is 82.1 Å². The Balaban J connectivity index is 1.66. The Morgan fingerprint density at radius 3 is 3.00 bits per heavy atom. The van der Waals surface area contributed by atoms with Crippen molar-refractivity contribution in [2.45, 2.75) is 38.8 Å². The SMILES string of the molecule is CN(Cc1nc2c(s1)CCCC2)Cc1cn[nH]c1C(=O)O. The van der Waals surface area contributed by atoms with E-state index < -0.39 is 5.97 Å². The van der Waals surface area contributed by atoms with Gasteiger partial charge in [-0.1, -0.05) is 0 Å². The number of aromatic amines is 1. The number of H-pyrrole nitrogens is 1. The Kier molecular flexibility index (Phi) is 4.03. The molecule has 1 aliphatic carbocycles. The summed E-state index contributed by atoms with van der Waals surface area (Å²) >= 11 is 1.79. The molecule has 2 N–H and O–H groups in total. The van der Waals surface area contributed by atoms with Gasteiger partial charge in [-0.3, -0.25) is 10.00 Å². The van der Waals surface area contributed by atoms with Crippen LogP contribution in [0.4, 0.5) is 0 Å². The molecule has 0 saturated carbocycles. The van der Waals surface area contributed by atoms with Gasteiger partial charge in [-0.25, -0.2) is 9.78 Å². The molecule has 112 valence electrons. The number of aromatic carboxylic acids is 1. The van der Waals surface area contributed by atoms with Crippen molar-refractivity contribution in [1.82, 2.24) is 20.1 Å². The van der Waals surface area contributed by atoms with Gasteiger partial charge in [0.25, 0.3) is 0 Å². The molecule has 0 fully saturated rings. The number of thiazole rings is 1. The molecule has 6 nitrogen and oxygen atoms in total. The summed E-state index contributed by atoms with van der Waals surface area (Å²) in [5, 5.41) is 16.5. The molecule has 0 amide bonds. The van der Waals surface area contributed by atoms with Gasteiger partial charge in [0.2, 0.25) is 0 Å². The normalized spacial score (nSPS) is 14.4. The lowest BCUT2D eigenvalue weighted by Crippen LogP contribution is -2.18. The van der Waals surface area contributed by atoms with Crippen LogP contribution in [0.15, 0.2) is 6.20 Å². The number of carboxylic acids is 1. The number of hydrogen-bond donors (Lipinski definition) is 2. The second-order valence-corrected chi connectivity index (χ2v) is 6.60. The second kappa shape index (κ2) is 5.95. The number of carboxylic acid groups (broad SMARTS) is 1. The number of nitrogens with zero attached hydrogens (tertiary/aromatic N) is 3. The fraction of sp³-hybridized carbons (Fsp3) is 0.500. The monoisotopic (exact) mass is 306 g/mol. The van der Waals surface area contributed by atoms with Gasteiger partial charge in [0.05, 0.1) is 18.4 Å². The highest BCUT2D eigenvalue weighted by molar-refractivity contribution is 7.11. The summed E-state index contributed by atoms with van der Waals surface area (Å²) in [5.74, 6) is -0.972. The smallest absolute Gasteiger partial charge is 0.354 e. The number of rotatable bonds is 5. The van der Waals surface area contributed by atoms with Gasteiger partial charge in [0, 0.05) is 17.0 Å². The summed E-state index contributed by atoms with van der Waals surface area (Å²) in [6, 6.07) is 0. The number of carbonyl (C=O) groups is 1. The van der Waals surface area contributed by atoms with Gasteiger partial charge in [0.15, 0.2) is 0 Å². The zero-order chi connectivity index (χ0) is 14.8. The molecule has 0 spiro atoms. The maximum atomic E-state index is 11.1. The van der Waals surface area contributed by atoms with E-state index in [2.05, 4.69) is 15.1 Å². The third kappa shape index (κ3) is 3.14. The van der Waals surface area contributed by atoms with E-state index in [1.54, 1.807) is 17.5 Å². The van der Waals surface area contributed by atoms with Crippen molar-refractivity contribution in [1.29, 1.82) is 0 Å². The van der Waals surface area contributed by atoms with E-state index in [0.29, 0.717) is 12.1 Å². The quantitative estimate of drug-likeness (QED) is 0.883. The molecule has 0 atom stereocenters. The van der Waals surface area contributed by atoms with Crippen LogP contribution in [0.3, 0.4) is 0 Å². The average molecular weight is 306 g/mol. The maximum Gasteiger partial charge on any atom is 0.354 e. The van der Waals surface area contributed by atoms with Crippen LogP contribution in [0.25, 0.3) is 0 Å². The molecule has 0 saturated heterocycles. The third-order valence-corrected chi connectivity index (χ3v) is 4.81. The van der Waals surface area contributed by atoms with Crippen LogP contribution in [0, 0.1) is 0 Å². The van der Waals surface area contributed by atoms with Gasteiger partial charge in [-0.2, -0.15) is 5.10 Å². The molecule has 0 aromatic carbocycles. The molecule has 0 aliphatic heterocycles. The first-order chi connectivity index (χ1) is 10.1. The molecule has 0 unspecified atom stereocenters. The minimum absolute atomic E-state index is 0.167. The zero-order valence-corrected chi connectivity index (χ0v) is 12.7. The molecule has 2 aromatic rings. The van der Waals surface area contributed by atoms with E-state index in [1.807, 2.05) is 7.05 Å². The van der Waals surface area contributed by atoms with E-state index in [0.717, 1.165) is 24.4 Å². The summed E-state index contributed by atoms with van der Waals surface area (Å²) in [5.41, 5.74) is 2.13.